The third-order valence-corrected chi connectivity index (χ3v) is 5.56. The average molecular weight is 446 g/mol. The van der Waals surface area contributed by atoms with E-state index in [-0.39, 0.29) is 17.1 Å². The number of aryl methyl sites for hydroxylation is 3. The number of nitrogens with one attached hydrogen (secondary N) is 1. The minimum atomic E-state index is -0.257. The van der Waals surface area contributed by atoms with E-state index in [1.807, 2.05) is 63.2 Å². The van der Waals surface area contributed by atoms with Crippen molar-refractivity contribution < 1.29 is 9.53 Å². The van der Waals surface area contributed by atoms with Gasteiger partial charge in [0, 0.05) is 36.6 Å². The molecule has 0 atom stereocenters. The zero-order chi connectivity index (χ0) is 23.4. The maximum absolute atomic E-state index is 12.9. The van der Waals surface area contributed by atoms with Gasteiger partial charge in [-0.1, -0.05) is 6.07 Å². The van der Waals surface area contributed by atoms with Crippen molar-refractivity contribution in [3.8, 4) is 11.4 Å². The lowest BCUT2D eigenvalue weighted by atomic mass is 10.1. The van der Waals surface area contributed by atoms with Gasteiger partial charge >= 0.3 is 5.56 Å². The molecule has 1 amide bonds. The Hall–Kier alpha value is -3.94. The molecule has 4 rings (SSSR count). The molecule has 170 valence electrons. The van der Waals surface area contributed by atoms with E-state index in [2.05, 4.69) is 15.5 Å². The molecule has 2 aromatic carbocycles. The number of hydrogen-bond acceptors (Lipinski definition) is 5. The highest BCUT2D eigenvalue weighted by Crippen LogP contribution is 2.16. The van der Waals surface area contributed by atoms with E-state index in [0.717, 1.165) is 22.7 Å². The molecule has 33 heavy (non-hydrogen) atoms. The van der Waals surface area contributed by atoms with Crippen LogP contribution in [0, 0.1) is 13.8 Å². The van der Waals surface area contributed by atoms with E-state index in [0.29, 0.717) is 31.7 Å². The van der Waals surface area contributed by atoms with Crippen LogP contribution in [0.3, 0.4) is 0 Å². The van der Waals surface area contributed by atoms with Gasteiger partial charge in [0.05, 0.1) is 6.61 Å². The fraction of sp³-hybridized carbons (Fsp3) is 0.280. The number of anilines is 1. The van der Waals surface area contributed by atoms with Gasteiger partial charge in [-0.2, -0.15) is 0 Å². The van der Waals surface area contributed by atoms with Crippen LogP contribution < -0.4 is 15.6 Å². The van der Waals surface area contributed by atoms with Gasteiger partial charge in [-0.3, -0.25) is 18.6 Å². The monoisotopic (exact) mass is 445 g/mol. The number of ether oxygens (including phenoxy) is 1. The van der Waals surface area contributed by atoms with Gasteiger partial charge in [-0.15, -0.1) is 10.2 Å². The Kier molecular flexibility index (Phi) is 6.53. The first-order chi connectivity index (χ1) is 16.0. The van der Waals surface area contributed by atoms with Gasteiger partial charge in [0.2, 0.25) is 11.6 Å². The topological polar surface area (TPSA) is 90.5 Å². The summed E-state index contributed by atoms with van der Waals surface area (Å²) in [5.74, 6) is 1.35. The molecule has 8 heteroatoms. The lowest BCUT2D eigenvalue weighted by Crippen LogP contribution is -2.20. The third-order valence-electron chi connectivity index (χ3n) is 5.56. The van der Waals surface area contributed by atoms with Crippen LogP contribution in [-0.4, -0.2) is 31.7 Å². The van der Waals surface area contributed by atoms with Crippen molar-refractivity contribution >= 4 is 17.2 Å². The van der Waals surface area contributed by atoms with Crippen LogP contribution in [0.2, 0.25) is 0 Å². The minimum absolute atomic E-state index is 0.0510. The molecule has 0 saturated heterocycles. The Bertz CT molecular complexity index is 1340. The molecule has 0 saturated carbocycles. The van der Waals surface area contributed by atoms with Gasteiger partial charge in [0.15, 0.2) is 0 Å². The van der Waals surface area contributed by atoms with Crippen LogP contribution in [0.15, 0.2) is 59.7 Å². The summed E-state index contributed by atoms with van der Waals surface area (Å²) in [6.45, 7) is 6.57. The van der Waals surface area contributed by atoms with E-state index in [1.165, 1.54) is 10.1 Å². The summed E-state index contributed by atoms with van der Waals surface area (Å²) >= 11 is 0. The zero-order valence-corrected chi connectivity index (χ0v) is 19.0. The average Bonchev–Trinajstić information content (AvgIpc) is 3.21. The summed E-state index contributed by atoms with van der Waals surface area (Å²) in [4.78, 5) is 25.2. The van der Waals surface area contributed by atoms with E-state index < -0.39 is 0 Å². The summed E-state index contributed by atoms with van der Waals surface area (Å²) in [7, 11) is 0. The summed E-state index contributed by atoms with van der Waals surface area (Å²) in [5.41, 5.74) is 3.84. The summed E-state index contributed by atoms with van der Waals surface area (Å²) in [5, 5.41) is 11.2. The van der Waals surface area contributed by atoms with Crippen LogP contribution in [0.4, 0.5) is 5.69 Å². The number of carbonyl (C=O) groups excluding carboxylic acids is 1. The first-order valence-corrected chi connectivity index (χ1v) is 11.0. The number of fused-ring (bicyclic) bond motifs is 1. The molecule has 0 unspecified atom stereocenters. The Morgan fingerprint density at radius 2 is 1.82 bits per heavy atom. The van der Waals surface area contributed by atoms with Crippen LogP contribution >= 0.6 is 0 Å². The van der Waals surface area contributed by atoms with Gasteiger partial charge in [-0.05, 0) is 74.7 Å². The first-order valence-electron chi connectivity index (χ1n) is 11.0. The number of hydrogen-bond donors (Lipinski definition) is 1. The van der Waals surface area contributed by atoms with Crippen molar-refractivity contribution in [3.63, 3.8) is 0 Å². The molecule has 0 bridgehead atoms. The highest BCUT2D eigenvalue weighted by molar-refractivity contribution is 5.90. The van der Waals surface area contributed by atoms with E-state index >= 15 is 0 Å². The first kappa shape index (κ1) is 22.3. The molecule has 0 radical (unpaired) electrons. The lowest BCUT2D eigenvalue weighted by molar-refractivity contribution is -0.116. The number of benzene rings is 2. The highest BCUT2D eigenvalue weighted by Gasteiger charge is 2.12. The minimum Gasteiger partial charge on any atom is -0.494 e. The molecule has 0 fully saturated rings. The van der Waals surface area contributed by atoms with Crippen molar-refractivity contribution in [1.29, 1.82) is 0 Å². The molecule has 0 aliphatic heterocycles. The van der Waals surface area contributed by atoms with Crippen LogP contribution in [0.5, 0.6) is 5.75 Å². The van der Waals surface area contributed by atoms with Crippen molar-refractivity contribution in [2.75, 3.05) is 11.9 Å². The maximum Gasteiger partial charge on any atom is 0.300 e. The number of amides is 1. The fourth-order valence-corrected chi connectivity index (χ4v) is 3.63. The van der Waals surface area contributed by atoms with Crippen LogP contribution in [0.25, 0.3) is 11.3 Å². The molecule has 0 aliphatic carbocycles. The standard InChI is InChI=1S/C25H27N5O3/c1-4-33-21-12-10-20(11-13-21)29-14-15-30-22(27-28-24(30)25(29)32)6-5-7-23(31)26-19-9-8-17(2)18(3)16-19/h8-16H,4-7H2,1-3H3,(H,26,31). The Balaban J connectivity index is 1.42. The molecule has 4 aromatic rings. The summed E-state index contributed by atoms with van der Waals surface area (Å²) < 4.78 is 8.67. The second-order valence-corrected chi connectivity index (χ2v) is 7.91. The number of carbonyl (C=O) groups is 1. The van der Waals surface area contributed by atoms with Crippen LogP contribution in [-0.2, 0) is 11.2 Å². The SMILES string of the molecule is CCOc1ccc(-n2ccn3c(CCCC(=O)Nc4ccc(C)c(C)c4)nnc3c2=O)cc1. The predicted molar refractivity (Wildman–Crippen MR) is 127 cm³/mol. The number of rotatable bonds is 8. The third kappa shape index (κ3) is 4.95. The Labute approximate surface area is 191 Å². The van der Waals surface area contributed by atoms with Crippen LogP contribution in [0.1, 0.15) is 36.7 Å². The Morgan fingerprint density at radius 3 is 2.55 bits per heavy atom. The molecule has 0 spiro atoms. The van der Waals surface area contributed by atoms with Gasteiger partial charge in [-0.25, -0.2) is 0 Å². The molecular weight excluding hydrogens is 418 g/mol. The summed E-state index contributed by atoms with van der Waals surface area (Å²) in [6.07, 6.45) is 4.96. The maximum atomic E-state index is 12.9. The molecule has 8 nitrogen and oxygen atoms in total. The smallest absolute Gasteiger partial charge is 0.300 e. The Morgan fingerprint density at radius 1 is 1.03 bits per heavy atom. The zero-order valence-electron chi connectivity index (χ0n) is 19.0. The molecular formula is C25H27N5O3. The normalized spacial score (nSPS) is 11.0. The van der Waals surface area contributed by atoms with E-state index in [1.54, 1.807) is 16.8 Å². The van der Waals surface area contributed by atoms with Crippen molar-refractivity contribution in [1.82, 2.24) is 19.2 Å². The van der Waals surface area contributed by atoms with Crippen molar-refractivity contribution in [3.05, 3.63) is 82.2 Å². The molecule has 0 aliphatic rings. The van der Waals surface area contributed by atoms with Crippen molar-refractivity contribution in [2.45, 2.75) is 40.0 Å². The van der Waals surface area contributed by atoms with Gasteiger partial charge < -0.3 is 10.1 Å². The van der Waals surface area contributed by atoms with Gasteiger partial charge in [0.1, 0.15) is 11.6 Å². The van der Waals surface area contributed by atoms with E-state index in [4.69, 9.17) is 4.74 Å². The fourth-order valence-electron chi connectivity index (χ4n) is 3.63. The largest absolute Gasteiger partial charge is 0.494 e. The lowest BCUT2D eigenvalue weighted by Gasteiger charge is -2.08. The molecule has 2 aromatic heterocycles. The van der Waals surface area contributed by atoms with Crippen molar-refractivity contribution in [2.24, 2.45) is 0 Å². The molecule has 1 N–H and O–H groups in total. The summed E-state index contributed by atoms with van der Waals surface area (Å²) in [6, 6.07) is 13.2. The predicted octanol–water partition coefficient (Wildman–Crippen LogP) is 3.86. The second kappa shape index (κ2) is 9.68. The second-order valence-electron chi connectivity index (χ2n) is 7.91. The quantitative estimate of drug-likeness (QED) is 0.445. The van der Waals surface area contributed by atoms with Gasteiger partial charge in [0.25, 0.3) is 0 Å². The molecule has 2 heterocycles. The van der Waals surface area contributed by atoms with E-state index in [9.17, 15) is 9.59 Å². The number of nitrogens with zero attached hydrogens (tertiary/aromatic N) is 4. The number of aromatic nitrogens is 4. The highest BCUT2D eigenvalue weighted by atomic mass is 16.5.